The summed E-state index contributed by atoms with van der Waals surface area (Å²) in [5, 5.41) is 18.4. The highest BCUT2D eigenvalue weighted by Gasteiger charge is 2.03. The van der Waals surface area contributed by atoms with Crippen LogP contribution >= 0.6 is 12.2 Å². The van der Waals surface area contributed by atoms with Crippen LogP contribution in [0.25, 0.3) is 0 Å². The van der Waals surface area contributed by atoms with E-state index in [4.69, 9.17) is 16.4 Å². The number of nitrogens with two attached hydrogens (primary N) is 1. The van der Waals surface area contributed by atoms with E-state index < -0.39 is 0 Å². The zero-order chi connectivity index (χ0) is 9.56. The molecule has 7 heteroatoms. The van der Waals surface area contributed by atoms with Crippen molar-refractivity contribution in [1.82, 2.24) is 10.8 Å². The van der Waals surface area contributed by atoms with Gasteiger partial charge in [0, 0.05) is 13.6 Å². The minimum absolute atomic E-state index is 0.0152. The van der Waals surface area contributed by atoms with E-state index in [1.54, 1.807) is 12.5 Å². The van der Waals surface area contributed by atoms with Crippen molar-refractivity contribution < 1.29 is 5.21 Å². The van der Waals surface area contributed by atoms with Gasteiger partial charge in [-0.2, -0.15) is 4.99 Å². The highest BCUT2D eigenvalue weighted by atomic mass is 32.1. The predicted molar refractivity (Wildman–Crippen MR) is 50.8 cm³/mol. The lowest BCUT2D eigenvalue weighted by atomic mass is 10.3. The van der Waals surface area contributed by atoms with Crippen LogP contribution in [0.15, 0.2) is 4.99 Å². The Morgan fingerprint density at radius 3 is 2.67 bits per heavy atom. The summed E-state index contributed by atoms with van der Waals surface area (Å²) >= 11 is 4.68. The first kappa shape index (κ1) is 11.0. The van der Waals surface area contributed by atoms with Crippen LogP contribution in [0.4, 0.5) is 0 Å². The second kappa shape index (κ2) is 5.58. The lowest BCUT2D eigenvalue weighted by Crippen LogP contribution is -2.34. The molecule has 0 rings (SSSR count). The molecular formula is C5H11N5OS. The third-order valence-corrected chi connectivity index (χ3v) is 1.32. The Bertz CT molecular complexity index is 214. The van der Waals surface area contributed by atoms with E-state index in [1.807, 2.05) is 0 Å². The van der Waals surface area contributed by atoms with Gasteiger partial charge in [-0.1, -0.05) is 0 Å². The first-order valence-electron chi connectivity index (χ1n) is 3.14. The van der Waals surface area contributed by atoms with E-state index in [0.29, 0.717) is 0 Å². The van der Waals surface area contributed by atoms with E-state index >= 15 is 0 Å². The van der Waals surface area contributed by atoms with Crippen LogP contribution in [0.5, 0.6) is 0 Å². The Morgan fingerprint density at radius 1 is 1.75 bits per heavy atom. The number of aliphatic imine (C=N–C) groups is 1. The van der Waals surface area contributed by atoms with Crippen LogP contribution in [0, 0.1) is 5.41 Å². The minimum atomic E-state index is -0.0446. The predicted octanol–water partition coefficient (Wildman–Crippen LogP) is -1.15. The summed E-state index contributed by atoms with van der Waals surface area (Å²) in [6.07, 6.45) is 0. The van der Waals surface area contributed by atoms with Gasteiger partial charge in [0.2, 0.25) is 0 Å². The third kappa shape index (κ3) is 3.37. The highest BCUT2D eigenvalue weighted by molar-refractivity contribution is 7.80. The van der Waals surface area contributed by atoms with Crippen molar-refractivity contribution in [1.29, 1.82) is 5.41 Å². The Hall–Kier alpha value is -1.05. The van der Waals surface area contributed by atoms with Gasteiger partial charge in [-0.25, -0.2) is 0 Å². The van der Waals surface area contributed by atoms with Gasteiger partial charge >= 0.3 is 0 Å². The van der Waals surface area contributed by atoms with Crippen LogP contribution in [-0.2, 0) is 0 Å². The second-order valence-corrected chi connectivity index (χ2v) is 2.20. The van der Waals surface area contributed by atoms with Crippen molar-refractivity contribution in [2.75, 3.05) is 13.6 Å². The fourth-order valence-corrected chi connectivity index (χ4v) is 0.505. The third-order valence-electron chi connectivity index (χ3n) is 1.02. The lowest BCUT2D eigenvalue weighted by molar-refractivity contribution is 0.236. The van der Waals surface area contributed by atoms with Crippen molar-refractivity contribution in [3.05, 3.63) is 0 Å². The molecule has 0 aromatic rings. The lowest BCUT2D eigenvalue weighted by Gasteiger charge is -2.03. The maximum atomic E-state index is 8.51. The largest absolute Gasteiger partial charge is 0.364 e. The zero-order valence-corrected chi connectivity index (χ0v) is 7.40. The van der Waals surface area contributed by atoms with Crippen molar-refractivity contribution in [2.24, 2.45) is 10.7 Å². The van der Waals surface area contributed by atoms with Gasteiger partial charge in [-0.15, -0.1) is 0 Å². The van der Waals surface area contributed by atoms with E-state index in [2.05, 4.69) is 22.5 Å². The first-order valence-corrected chi connectivity index (χ1v) is 3.54. The monoisotopic (exact) mass is 189 g/mol. The SMILES string of the molecule is CNC(=S)N=C(NO)C(=N)CN. The molecule has 0 aromatic heterocycles. The summed E-state index contributed by atoms with van der Waals surface area (Å²) in [7, 11) is 1.59. The highest BCUT2D eigenvalue weighted by Crippen LogP contribution is 1.79. The molecule has 0 bridgehead atoms. The Kier molecular flexibility index (Phi) is 5.09. The molecule has 0 heterocycles. The fourth-order valence-electron chi connectivity index (χ4n) is 0.414. The number of nitrogens with zero attached hydrogens (tertiary/aromatic N) is 1. The second-order valence-electron chi connectivity index (χ2n) is 1.81. The molecule has 0 atom stereocenters. The Labute approximate surface area is 75.3 Å². The van der Waals surface area contributed by atoms with Crippen molar-refractivity contribution in [2.45, 2.75) is 0 Å². The Balaban J connectivity index is 4.43. The van der Waals surface area contributed by atoms with Crippen LogP contribution in [0.3, 0.4) is 0 Å². The maximum Gasteiger partial charge on any atom is 0.194 e. The van der Waals surface area contributed by atoms with Crippen molar-refractivity contribution >= 4 is 28.9 Å². The molecule has 12 heavy (non-hydrogen) atoms. The fraction of sp³-hybridized carbons (Fsp3) is 0.400. The van der Waals surface area contributed by atoms with E-state index in [0.717, 1.165) is 0 Å². The molecule has 0 aliphatic rings. The molecule has 0 saturated heterocycles. The molecule has 0 aromatic carbocycles. The molecule has 0 unspecified atom stereocenters. The number of rotatable bonds is 2. The van der Waals surface area contributed by atoms with Crippen LogP contribution in [0.2, 0.25) is 0 Å². The zero-order valence-electron chi connectivity index (χ0n) is 6.59. The molecule has 0 saturated carbocycles. The van der Waals surface area contributed by atoms with Gasteiger partial charge < -0.3 is 16.5 Å². The van der Waals surface area contributed by atoms with Crippen LogP contribution in [-0.4, -0.2) is 35.5 Å². The number of hydrogen-bond donors (Lipinski definition) is 5. The summed E-state index contributed by atoms with van der Waals surface area (Å²) in [5.41, 5.74) is 6.86. The van der Waals surface area contributed by atoms with Gasteiger partial charge in [0.05, 0.1) is 5.71 Å². The number of hydroxylamine groups is 1. The van der Waals surface area contributed by atoms with Gasteiger partial charge in [0.1, 0.15) is 0 Å². The molecule has 6 nitrogen and oxygen atoms in total. The molecule has 68 valence electrons. The van der Waals surface area contributed by atoms with Gasteiger partial charge in [0.25, 0.3) is 0 Å². The molecule has 0 fully saturated rings. The molecule has 6 N–H and O–H groups in total. The first-order chi connectivity index (χ1) is 5.65. The number of thiocarbonyl (C=S) groups is 1. The van der Waals surface area contributed by atoms with E-state index in [1.165, 1.54) is 0 Å². The minimum Gasteiger partial charge on any atom is -0.364 e. The van der Waals surface area contributed by atoms with Crippen LogP contribution < -0.4 is 16.5 Å². The average Bonchev–Trinajstić information content (AvgIpc) is 2.12. The summed E-state index contributed by atoms with van der Waals surface area (Å²) in [4.78, 5) is 3.66. The molecular weight excluding hydrogens is 178 g/mol. The maximum absolute atomic E-state index is 8.51. The molecule has 0 aliphatic heterocycles. The Morgan fingerprint density at radius 2 is 2.33 bits per heavy atom. The van der Waals surface area contributed by atoms with Crippen molar-refractivity contribution in [3.63, 3.8) is 0 Å². The van der Waals surface area contributed by atoms with Crippen molar-refractivity contribution in [3.8, 4) is 0 Å². The standard InChI is InChI=1S/C5H11N5OS/c1-8-5(12)9-4(10-11)3(7)2-6/h7,11H,2,6H2,1H3,(H2,8,9,10,12). The summed E-state index contributed by atoms with van der Waals surface area (Å²) in [6, 6.07) is 0. The van der Waals surface area contributed by atoms with Crippen LogP contribution in [0.1, 0.15) is 0 Å². The number of hydrogen-bond acceptors (Lipinski definition) is 4. The quantitative estimate of drug-likeness (QED) is 0.163. The topological polar surface area (TPSA) is 107 Å². The van der Waals surface area contributed by atoms with E-state index in [9.17, 15) is 0 Å². The molecule has 0 spiro atoms. The molecule has 0 amide bonds. The molecule has 0 radical (unpaired) electrons. The average molecular weight is 189 g/mol. The number of nitrogens with one attached hydrogen (secondary N) is 3. The van der Waals surface area contributed by atoms with Gasteiger partial charge in [0.15, 0.2) is 10.9 Å². The normalized spacial score (nSPS) is 10.8. The summed E-state index contributed by atoms with van der Waals surface area (Å²) < 4.78 is 0. The van der Waals surface area contributed by atoms with Gasteiger partial charge in [-0.05, 0) is 12.2 Å². The van der Waals surface area contributed by atoms with Gasteiger partial charge in [-0.3, -0.25) is 10.7 Å². The van der Waals surface area contributed by atoms with E-state index in [-0.39, 0.29) is 23.2 Å². The molecule has 0 aliphatic carbocycles. The summed E-state index contributed by atoms with van der Waals surface area (Å²) in [5.74, 6) is -0.0446. The summed E-state index contributed by atoms with van der Waals surface area (Å²) in [6.45, 7) is -0.0152. The smallest absolute Gasteiger partial charge is 0.194 e. The number of amidine groups is 1.